The number of nitrogens with one attached hydrogen (secondary N) is 1. The van der Waals surface area contributed by atoms with Crippen molar-refractivity contribution >= 4 is 26.6 Å². The van der Waals surface area contributed by atoms with Gasteiger partial charge in [0.15, 0.2) is 29.0 Å². The molecule has 0 bridgehead atoms. The monoisotopic (exact) mass is 490 g/mol. The number of pyridine rings is 1. The largest absolute Gasteiger partial charge is 0.493 e. The Morgan fingerprint density at radius 3 is 2.21 bits per heavy atom. The fraction of sp³-hybridized carbons (Fsp3) is 0.0870. The van der Waals surface area contributed by atoms with Gasteiger partial charge in [0.1, 0.15) is 11.5 Å². The van der Waals surface area contributed by atoms with Crippen molar-refractivity contribution in [2.24, 2.45) is 0 Å². The van der Waals surface area contributed by atoms with Gasteiger partial charge in [0.25, 0.3) is 10.0 Å². The molecule has 0 saturated carbocycles. The summed E-state index contributed by atoms with van der Waals surface area (Å²) in [6, 6.07) is 10.4. The summed E-state index contributed by atoms with van der Waals surface area (Å²) < 4.78 is 84.4. The van der Waals surface area contributed by atoms with Gasteiger partial charge >= 0.3 is 0 Å². The zero-order valence-electron chi connectivity index (χ0n) is 17.8. The van der Waals surface area contributed by atoms with Crippen LogP contribution in [0.25, 0.3) is 10.9 Å². The molecule has 34 heavy (non-hydrogen) atoms. The Balaban J connectivity index is 1.62. The molecule has 7 nitrogen and oxygen atoms in total. The third-order valence-electron chi connectivity index (χ3n) is 4.82. The lowest BCUT2D eigenvalue weighted by Gasteiger charge is -2.13. The van der Waals surface area contributed by atoms with Gasteiger partial charge in [-0.1, -0.05) is 0 Å². The number of nitrogens with zero attached hydrogens (tertiary/aromatic N) is 1. The van der Waals surface area contributed by atoms with Crippen molar-refractivity contribution in [2.75, 3.05) is 18.9 Å². The first-order valence-corrected chi connectivity index (χ1v) is 11.2. The van der Waals surface area contributed by atoms with Crippen molar-refractivity contribution in [3.05, 3.63) is 78.2 Å². The van der Waals surface area contributed by atoms with E-state index in [1.165, 1.54) is 26.5 Å². The van der Waals surface area contributed by atoms with E-state index in [4.69, 9.17) is 14.2 Å². The van der Waals surface area contributed by atoms with Gasteiger partial charge in [-0.15, -0.1) is 0 Å². The van der Waals surface area contributed by atoms with Gasteiger partial charge in [-0.3, -0.25) is 9.71 Å². The third-order valence-corrected chi connectivity index (χ3v) is 6.18. The number of fused-ring (bicyclic) bond motifs is 1. The molecule has 176 valence electrons. The van der Waals surface area contributed by atoms with Gasteiger partial charge in [-0.2, -0.15) is 0 Å². The van der Waals surface area contributed by atoms with Crippen LogP contribution < -0.4 is 18.9 Å². The molecule has 0 saturated heterocycles. The Hall–Kier alpha value is -3.99. The van der Waals surface area contributed by atoms with Gasteiger partial charge in [0, 0.05) is 23.7 Å². The number of rotatable bonds is 7. The summed E-state index contributed by atoms with van der Waals surface area (Å²) in [7, 11) is -1.38. The molecule has 0 spiro atoms. The van der Waals surface area contributed by atoms with Gasteiger partial charge in [-0.05, 0) is 42.5 Å². The maximum absolute atomic E-state index is 14.7. The minimum Gasteiger partial charge on any atom is -0.493 e. The summed E-state index contributed by atoms with van der Waals surface area (Å²) in [4.78, 5) is 3.71. The minimum absolute atomic E-state index is 0.0792. The number of hydrogen-bond donors (Lipinski definition) is 1. The molecule has 0 aliphatic carbocycles. The number of methoxy groups -OCH3 is 2. The van der Waals surface area contributed by atoms with Gasteiger partial charge in [-0.25, -0.2) is 21.6 Å². The van der Waals surface area contributed by atoms with E-state index >= 15 is 0 Å². The van der Waals surface area contributed by atoms with E-state index in [1.54, 1.807) is 18.2 Å². The standard InChI is InChI=1S/C23H17F3N2O5S/c1-31-22-11-15-20(12-23(22)32-2)27-8-7-21(15)33-13-3-6-19(18(26)9-13)28-34(29,30)14-4-5-16(24)17(25)10-14/h3-12,28H,1-2H3. The van der Waals surface area contributed by atoms with E-state index in [-0.39, 0.29) is 5.75 Å². The predicted molar refractivity (Wildman–Crippen MR) is 118 cm³/mol. The quantitative estimate of drug-likeness (QED) is 0.380. The second-order valence-electron chi connectivity index (χ2n) is 6.96. The number of anilines is 1. The Morgan fingerprint density at radius 1 is 0.794 bits per heavy atom. The van der Waals surface area contributed by atoms with Crippen LogP contribution in [0.15, 0.2) is 65.7 Å². The molecular formula is C23H17F3N2O5S. The van der Waals surface area contributed by atoms with Crippen LogP contribution in [0.3, 0.4) is 0 Å². The zero-order chi connectivity index (χ0) is 24.5. The van der Waals surface area contributed by atoms with E-state index < -0.39 is 38.1 Å². The number of ether oxygens (including phenoxy) is 3. The van der Waals surface area contributed by atoms with E-state index in [0.717, 1.165) is 18.2 Å². The van der Waals surface area contributed by atoms with Crippen LogP contribution in [-0.4, -0.2) is 27.6 Å². The molecule has 1 heterocycles. The summed E-state index contributed by atoms with van der Waals surface area (Å²) in [6.07, 6.45) is 1.50. The molecule has 4 rings (SSSR count). The Labute approximate surface area is 192 Å². The first-order chi connectivity index (χ1) is 16.2. The molecule has 4 aromatic rings. The van der Waals surface area contributed by atoms with E-state index in [2.05, 4.69) is 4.98 Å². The van der Waals surface area contributed by atoms with Crippen LogP contribution in [0, 0.1) is 17.5 Å². The summed E-state index contributed by atoms with van der Waals surface area (Å²) in [5, 5.41) is 0.573. The van der Waals surface area contributed by atoms with Crippen LogP contribution in [0.1, 0.15) is 0 Å². The number of halogens is 3. The van der Waals surface area contributed by atoms with E-state index in [1.807, 2.05) is 4.72 Å². The van der Waals surface area contributed by atoms with Crippen molar-refractivity contribution in [3.8, 4) is 23.0 Å². The molecule has 0 aliphatic rings. The highest BCUT2D eigenvalue weighted by Gasteiger charge is 2.19. The van der Waals surface area contributed by atoms with Gasteiger partial charge < -0.3 is 14.2 Å². The number of benzene rings is 3. The summed E-state index contributed by atoms with van der Waals surface area (Å²) in [5.74, 6) is -2.14. The average molecular weight is 490 g/mol. The summed E-state index contributed by atoms with van der Waals surface area (Å²) in [6.45, 7) is 0. The fourth-order valence-corrected chi connectivity index (χ4v) is 4.23. The predicted octanol–water partition coefficient (Wildman–Crippen LogP) is 5.26. The minimum atomic E-state index is -4.36. The Kier molecular flexibility index (Phi) is 6.20. The molecule has 0 amide bonds. The van der Waals surface area contributed by atoms with Gasteiger partial charge in [0.2, 0.25) is 0 Å². The van der Waals surface area contributed by atoms with E-state index in [0.29, 0.717) is 40.3 Å². The van der Waals surface area contributed by atoms with Crippen LogP contribution in [0.4, 0.5) is 18.9 Å². The lowest BCUT2D eigenvalue weighted by atomic mass is 10.2. The number of hydrogen-bond acceptors (Lipinski definition) is 6. The first-order valence-electron chi connectivity index (χ1n) is 9.68. The summed E-state index contributed by atoms with van der Waals surface area (Å²) >= 11 is 0. The fourth-order valence-electron chi connectivity index (χ4n) is 3.15. The smallest absolute Gasteiger partial charge is 0.262 e. The van der Waals surface area contributed by atoms with Crippen molar-refractivity contribution in [3.63, 3.8) is 0 Å². The Morgan fingerprint density at radius 2 is 1.53 bits per heavy atom. The molecule has 3 aromatic carbocycles. The molecule has 0 aliphatic heterocycles. The highest BCUT2D eigenvalue weighted by atomic mass is 32.2. The van der Waals surface area contributed by atoms with E-state index in [9.17, 15) is 21.6 Å². The maximum Gasteiger partial charge on any atom is 0.262 e. The second kappa shape index (κ2) is 9.10. The first kappa shape index (κ1) is 23.2. The maximum atomic E-state index is 14.7. The van der Waals surface area contributed by atoms with Crippen molar-refractivity contribution in [2.45, 2.75) is 4.90 Å². The molecule has 1 N–H and O–H groups in total. The lowest BCUT2D eigenvalue weighted by Crippen LogP contribution is -2.14. The average Bonchev–Trinajstić information content (AvgIpc) is 2.81. The molecule has 11 heteroatoms. The highest BCUT2D eigenvalue weighted by Crippen LogP contribution is 2.37. The normalized spacial score (nSPS) is 11.3. The molecule has 1 aromatic heterocycles. The number of sulfonamides is 1. The summed E-state index contributed by atoms with van der Waals surface area (Å²) in [5.41, 5.74) is 0.148. The van der Waals surface area contributed by atoms with Gasteiger partial charge in [0.05, 0.1) is 30.3 Å². The van der Waals surface area contributed by atoms with Crippen molar-refractivity contribution in [1.82, 2.24) is 4.98 Å². The molecular weight excluding hydrogens is 473 g/mol. The highest BCUT2D eigenvalue weighted by molar-refractivity contribution is 7.92. The SMILES string of the molecule is COc1cc2nccc(Oc3ccc(NS(=O)(=O)c4ccc(F)c(F)c4)c(F)c3)c2cc1OC. The molecule has 0 atom stereocenters. The Bertz CT molecular complexity index is 1500. The lowest BCUT2D eigenvalue weighted by molar-refractivity contribution is 0.355. The van der Waals surface area contributed by atoms with Crippen molar-refractivity contribution in [1.29, 1.82) is 0 Å². The van der Waals surface area contributed by atoms with Crippen molar-refractivity contribution < 1.29 is 35.8 Å². The second-order valence-corrected chi connectivity index (χ2v) is 8.64. The zero-order valence-corrected chi connectivity index (χ0v) is 18.6. The van der Waals surface area contributed by atoms with Crippen LogP contribution in [0.5, 0.6) is 23.0 Å². The van der Waals surface area contributed by atoms with Crippen LogP contribution in [0.2, 0.25) is 0 Å². The van der Waals surface area contributed by atoms with Crippen LogP contribution >= 0.6 is 0 Å². The number of aromatic nitrogens is 1. The topological polar surface area (TPSA) is 86.8 Å². The van der Waals surface area contributed by atoms with Crippen LogP contribution in [-0.2, 0) is 10.0 Å². The third kappa shape index (κ3) is 4.55. The molecule has 0 fully saturated rings. The molecule has 0 unspecified atom stereocenters. The molecule has 0 radical (unpaired) electrons.